The first-order chi connectivity index (χ1) is 7.41. The second kappa shape index (κ2) is 7.15. The van der Waals surface area contributed by atoms with Crippen molar-refractivity contribution in [2.45, 2.75) is 37.8 Å². The van der Waals surface area contributed by atoms with Gasteiger partial charge in [0.25, 0.3) is 0 Å². The van der Waals surface area contributed by atoms with Gasteiger partial charge in [-0.3, -0.25) is 4.79 Å². The number of Topliss-reactive ketones (excluding diaryl/α,β-unsaturated/α-hetero) is 1. The van der Waals surface area contributed by atoms with Crippen molar-refractivity contribution in [3.63, 3.8) is 0 Å². The number of nitrogens with zero attached hydrogens (tertiary/aromatic N) is 3. The fourth-order valence-electron chi connectivity index (χ4n) is 1.02. The Balaban J connectivity index is 4.25. The zero-order chi connectivity index (χ0) is 12.7. The van der Waals surface area contributed by atoms with Crippen LogP contribution >= 0.6 is 0 Å². The lowest BCUT2D eigenvalue weighted by Crippen LogP contribution is -2.46. The lowest BCUT2D eigenvalue weighted by molar-refractivity contribution is -0.143. The Morgan fingerprint density at radius 2 is 1.88 bits per heavy atom. The molecule has 0 amide bonds. The van der Waals surface area contributed by atoms with E-state index in [4.69, 9.17) is 10.6 Å². The normalized spacial score (nSPS) is 18.1. The lowest BCUT2D eigenvalue weighted by Gasteiger charge is -2.23. The van der Waals surface area contributed by atoms with Crippen LogP contribution in [-0.4, -0.2) is 57.2 Å². The third kappa shape index (κ3) is 4.56. The average Bonchev–Trinajstić information content (AvgIpc) is 2.26. The number of rotatable bonds is 7. The van der Waals surface area contributed by atoms with Crippen LogP contribution in [-0.2, 0) is 4.79 Å². The number of azide groups is 1. The van der Waals surface area contributed by atoms with Gasteiger partial charge in [0.1, 0.15) is 18.3 Å². The first kappa shape index (κ1) is 14.8. The van der Waals surface area contributed by atoms with Crippen LogP contribution < -0.4 is 0 Å². The minimum atomic E-state index is -1.81. The monoisotopic (exact) mass is 233 g/mol. The van der Waals surface area contributed by atoms with Crippen LogP contribution in [0.15, 0.2) is 5.11 Å². The van der Waals surface area contributed by atoms with E-state index in [-0.39, 0.29) is 13.0 Å². The van der Waals surface area contributed by atoms with Crippen LogP contribution in [0.1, 0.15) is 13.3 Å². The molecule has 4 atom stereocenters. The molecule has 0 aromatic rings. The van der Waals surface area contributed by atoms with Gasteiger partial charge in [-0.2, -0.15) is 0 Å². The molecule has 0 aliphatic rings. The molecule has 0 fully saturated rings. The molecule has 0 radical (unpaired) electrons. The van der Waals surface area contributed by atoms with Crippen LogP contribution in [0.4, 0.5) is 0 Å². The van der Waals surface area contributed by atoms with Crippen molar-refractivity contribution in [3.8, 4) is 0 Å². The highest BCUT2D eigenvalue weighted by Crippen LogP contribution is 2.07. The molecule has 0 aromatic heterocycles. The Morgan fingerprint density at radius 1 is 1.31 bits per heavy atom. The summed E-state index contributed by atoms with van der Waals surface area (Å²) in [7, 11) is 0. The van der Waals surface area contributed by atoms with Crippen molar-refractivity contribution < 1.29 is 25.2 Å². The molecule has 0 rings (SSSR count). The SMILES string of the molecule is C[C@H](O)[C@H](O)[C@@H](O)[C@@H](O)C(=O)CCN=[N+]=[N-]. The van der Waals surface area contributed by atoms with Gasteiger partial charge < -0.3 is 20.4 Å². The van der Waals surface area contributed by atoms with Crippen molar-refractivity contribution in [3.05, 3.63) is 10.4 Å². The van der Waals surface area contributed by atoms with Gasteiger partial charge in [0.05, 0.1) is 6.10 Å². The Hall–Kier alpha value is -1.18. The number of aliphatic hydroxyl groups excluding tert-OH is 4. The topological polar surface area (TPSA) is 147 Å². The van der Waals surface area contributed by atoms with Gasteiger partial charge in [-0.05, 0) is 12.5 Å². The van der Waals surface area contributed by atoms with Crippen LogP contribution in [0.2, 0.25) is 0 Å². The van der Waals surface area contributed by atoms with Gasteiger partial charge in [-0.25, -0.2) is 0 Å². The standard InChI is InChI=1S/C8H15N3O5/c1-4(12)6(14)8(16)7(15)5(13)2-3-10-11-9/h4,6-8,12,14-16H,2-3H2,1H3/t4-,6-,7-,8+/m0/s1. The Morgan fingerprint density at radius 3 is 2.31 bits per heavy atom. The maximum absolute atomic E-state index is 11.2. The first-order valence-electron chi connectivity index (χ1n) is 4.67. The zero-order valence-corrected chi connectivity index (χ0v) is 8.76. The fourth-order valence-corrected chi connectivity index (χ4v) is 1.02. The number of hydrogen-bond acceptors (Lipinski definition) is 6. The minimum Gasteiger partial charge on any atom is -0.391 e. The predicted octanol–water partition coefficient (Wildman–Crippen LogP) is -1.28. The van der Waals surface area contributed by atoms with Crippen LogP contribution in [0, 0.1) is 0 Å². The van der Waals surface area contributed by atoms with Crippen molar-refractivity contribution in [1.29, 1.82) is 0 Å². The Bertz CT molecular complexity index is 277. The van der Waals surface area contributed by atoms with Crippen molar-refractivity contribution in [2.75, 3.05) is 6.54 Å². The molecule has 0 saturated heterocycles. The van der Waals surface area contributed by atoms with Gasteiger partial charge in [0.15, 0.2) is 5.78 Å². The Labute approximate surface area is 91.8 Å². The number of hydrogen-bond donors (Lipinski definition) is 4. The minimum absolute atomic E-state index is 0.135. The maximum atomic E-state index is 11.2. The quantitative estimate of drug-likeness (QED) is 0.245. The van der Waals surface area contributed by atoms with Crippen molar-refractivity contribution in [2.24, 2.45) is 5.11 Å². The van der Waals surface area contributed by atoms with E-state index in [9.17, 15) is 20.1 Å². The largest absolute Gasteiger partial charge is 0.391 e. The van der Waals surface area contributed by atoms with E-state index in [0.717, 1.165) is 0 Å². The molecule has 0 heterocycles. The summed E-state index contributed by atoms with van der Waals surface area (Å²) in [6, 6.07) is 0. The molecule has 0 spiro atoms. The third-order valence-corrected chi connectivity index (χ3v) is 2.02. The van der Waals surface area contributed by atoms with Crippen molar-refractivity contribution in [1.82, 2.24) is 0 Å². The summed E-state index contributed by atoms with van der Waals surface area (Å²) >= 11 is 0. The molecule has 8 nitrogen and oxygen atoms in total. The second-order valence-corrected chi connectivity index (χ2v) is 3.34. The highest BCUT2D eigenvalue weighted by atomic mass is 16.4. The zero-order valence-electron chi connectivity index (χ0n) is 8.76. The van der Waals surface area contributed by atoms with E-state index >= 15 is 0 Å². The van der Waals surface area contributed by atoms with Gasteiger partial charge in [-0.1, -0.05) is 5.11 Å². The first-order valence-corrected chi connectivity index (χ1v) is 4.67. The van der Waals surface area contributed by atoms with Gasteiger partial charge >= 0.3 is 0 Å². The van der Waals surface area contributed by atoms with Gasteiger partial charge in [-0.15, -0.1) is 0 Å². The summed E-state index contributed by atoms with van der Waals surface area (Å²) in [4.78, 5) is 13.6. The number of carbonyl (C=O) groups is 1. The van der Waals surface area contributed by atoms with Gasteiger partial charge in [0, 0.05) is 17.9 Å². The number of carbonyl (C=O) groups excluding carboxylic acids is 1. The molecule has 0 aliphatic carbocycles. The van der Waals surface area contributed by atoms with E-state index in [2.05, 4.69) is 10.0 Å². The summed E-state index contributed by atoms with van der Waals surface area (Å²) in [6.07, 6.45) is -6.69. The summed E-state index contributed by atoms with van der Waals surface area (Å²) in [5.74, 6) is -0.764. The Kier molecular flexibility index (Phi) is 6.63. The molecule has 0 bridgehead atoms. The molecule has 16 heavy (non-hydrogen) atoms. The second-order valence-electron chi connectivity index (χ2n) is 3.34. The van der Waals surface area contributed by atoms with Crippen LogP contribution in [0.5, 0.6) is 0 Å². The lowest BCUT2D eigenvalue weighted by atomic mass is 9.99. The molecular weight excluding hydrogens is 218 g/mol. The number of aliphatic hydroxyl groups is 4. The fraction of sp³-hybridized carbons (Fsp3) is 0.875. The van der Waals surface area contributed by atoms with E-state index in [1.165, 1.54) is 6.92 Å². The maximum Gasteiger partial charge on any atom is 0.164 e. The summed E-state index contributed by atoms with van der Waals surface area (Å²) in [5.41, 5.74) is 7.95. The van der Waals surface area contributed by atoms with Crippen LogP contribution in [0.3, 0.4) is 0 Å². The van der Waals surface area contributed by atoms with Crippen molar-refractivity contribution >= 4 is 5.78 Å². The summed E-state index contributed by atoms with van der Waals surface area (Å²) in [5, 5.41) is 39.8. The molecule has 0 aliphatic heterocycles. The third-order valence-electron chi connectivity index (χ3n) is 2.02. The molecule has 0 unspecified atom stereocenters. The highest BCUT2D eigenvalue weighted by Gasteiger charge is 2.31. The molecular formula is C8H15N3O5. The molecule has 4 N–H and O–H groups in total. The van der Waals surface area contributed by atoms with E-state index in [1.54, 1.807) is 0 Å². The predicted molar refractivity (Wildman–Crippen MR) is 53.3 cm³/mol. The van der Waals surface area contributed by atoms with Crippen LogP contribution in [0.25, 0.3) is 10.4 Å². The molecule has 0 saturated carbocycles. The smallest absolute Gasteiger partial charge is 0.164 e. The number of ketones is 1. The molecule has 8 heteroatoms. The molecule has 92 valence electrons. The highest BCUT2D eigenvalue weighted by molar-refractivity contribution is 5.83. The van der Waals surface area contributed by atoms with E-state index in [1.807, 2.05) is 0 Å². The molecule has 0 aromatic carbocycles. The van der Waals surface area contributed by atoms with E-state index < -0.39 is 30.2 Å². The average molecular weight is 233 g/mol. The summed E-state index contributed by atoms with van der Waals surface area (Å²) < 4.78 is 0. The van der Waals surface area contributed by atoms with E-state index in [0.29, 0.717) is 0 Å². The van der Waals surface area contributed by atoms with Gasteiger partial charge in [0.2, 0.25) is 0 Å². The summed E-state index contributed by atoms with van der Waals surface area (Å²) in [6.45, 7) is 1.08.